The van der Waals surface area contributed by atoms with E-state index in [0.717, 1.165) is 6.07 Å². The molecule has 1 aromatic carbocycles. The van der Waals surface area contributed by atoms with E-state index in [9.17, 15) is 13.6 Å². The number of ether oxygens (including phenoxy) is 1. The van der Waals surface area contributed by atoms with Gasteiger partial charge in [0.25, 0.3) is 0 Å². The molecular weight excluding hydrogens is 316 g/mol. The summed E-state index contributed by atoms with van der Waals surface area (Å²) in [6.07, 6.45) is 0. The molecule has 0 fully saturated rings. The van der Waals surface area contributed by atoms with Gasteiger partial charge in [0.05, 0.1) is 12.3 Å². The van der Waals surface area contributed by atoms with Gasteiger partial charge in [0.2, 0.25) is 0 Å². The summed E-state index contributed by atoms with van der Waals surface area (Å²) in [4.78, 5) is 10.8. The molecule has 1 aromatic rings. The number of carbonyl (C=O) groups excluding carboxylic acids is 1. The monoisotopic (exact) mass is 323 g/mol. The van der Waals surface area contributed by atoms with E-state index in [4.69, 9.17) is 0 Å². The first-order valence-corrected chi connectivity index (χ1v) is 5.78. The third-order valence-corrected chi connectivity index (χ3v) is 2.43. The topological polar surface area (TPSA) is 38.3 Å². The van der Waals surface area contributed by atoms with Crippen molar-refractivity contribution in [2.75, 3.05) is 11.9 Å². The first-order valence-electron chi connectivity index (χ1n) is 4.58. The average Bonchev–Trinajstić information content (AvgIpc) is 2.25. The lowest BCUT2D eigenvalue weighted by Crippen LogP contribution is -2.23. The van der Waals surface area contributed by atoms with Crippen molar-refractivity contribution in [3.05, 3.63) is 28.2 Å². The van der Waals surface area contributed by atoms with Gasteiger partial charge in [0, 0.05) is 4.47 Å². The zero-order chi connectivity index (χ0) is 13.0. The molecule has 0 bridgehead atoms. The minimum absolute atomic E-state index is 0.149. The van der Waals surface area contributed by atoms with Gasteiger partial charge in [-0.3, -0.25) is 0 Å². The second kappa shape index (κ2) is 6.02. The minimum Gasteiger partial charge on any atom is -0.461 e. The van der Waals surface area contributed by atoms with Crippen molar-refractivity contribution in [2.45, 2.75) is 6.92 Å². The smallest absolute Gasteiger partial charge is 0.366 e. The molecule has 7 heteroatoms. The second-order valence-corrected chi connectivity index (χ2v) is 4.25. The van der Waals surface area contributed by atoms with E-state index in [1.54, 1.807) is 6.92 Å². The molecule has 0 unspecified atom stereocenters. The number of benzene rings is 1. The number of esters is 1. The first kappa shape index (κ1) is 14.0. The maximum absolute atomic E-state index is 13.3. The Bertz CT molecular complexity index is 468. The highest BCUT2D eigenvalue weighted by Gasteiger charge is 2.15. The maximum atomic E-state index is 13.3. The normalized spacial score (nSPS) is 9.88. The largest absolute Gasteiger partial charge is 0.461 e. The molecule has 0 atom stereocenters. The summed E-state index contributed by atoms with van der Waals surface area (Å²) in [6.45, 7) is 1.76. The summed E-state index contributed by atoms with van der Waals surface area (Å²) >= 11 is 7.68. The molecule has 0 aliphatic rings. The van der Waals surface area contributed by atoms with E-state index in [-0.39, 0.29) is 17.3 Å². The number of hydrogen-bond acceptors (Lipinski definition) is 3. The fourth-order valence-electron chi connectivity index (χ4n) is 1.02. The molecule has 92 valence electrons. The molecule has 0 spiro atoms. The van der Waals surface area contributed by atoms with Crippen LogP contribution in [0.25, 0.3) is 0 Å². The molecule has 17 heavy (non-hydrogen) atoms. The van der Waals surface area contributed by atoms with E-state index in [1.807, 2.05) is 0 Å². The summed E-state index contributed by atoms with van der Waals surface area (Å²) < 4.78 is 31.3. The SMILES string of the molecule is CCOC(=O)C(=S)Nc1cc(Br)cc(F)c1F. The first-order chi connectivity index (χ1) is 7.95. The summed E-state index contributed by atoms with van der Waals surface area (Å²) in [5.74, 6) is -2.95. The molecule has 0 radical (unpaired) electrons. The molecule has 0 saturated heterocycles. The van der Waals surface area contributed by atoms with Gasteiger partial charge in [-0.1, -0.05) is 28.1 Å². The van der Waals surface area contributed by atoms with E-state index in [0.29, 0.717) is 4.47 Å². The van der Waals surface area contributed by atoms with Gasteiger partial charge in [-0.05, 0) is 19.1 Å². The van der Waals surface area contributed by atoms with Gasteiger partial charge in [-0.15, -0.1) is 0 Å². The fraction of sp³-hybridized carbons (Fsp3) is 0.200. The summed E-state index contributed by atoms with van der Waals surface area (Å²) in [7, 11) is 0. The highest BCUT2D eigenvalue weighted by Crippen LogP contribution is 2.23. The molecule has 0 amide bonds. The second-order valence-electron chi connectivity index (χ2n) is 2.92. The Morgan fingerprint density at radius 2 is 2.18 bits per heavy atom. The Morgan fingerprint density at radius 3 is 2.76 bits per heavy atom. The van der Waals surface area contributed by atoms with Crippen molar-refractivity contribution in [2.24, 2.45) is 0 Å². The average molecular weight is 324 g/mol. The standard InChI is InChI=1S/C10H8BrF2NO2S/c1-2-16-10(15)9(17)14-7-4-5(11)3-6(12)8(7)13/h3-4H,2H2,1H3,(H,14,17). The van der Waals surface area contributed by atoms with Crippen molar-refractivity contribution in [1.82, 2.24) is 0 Å². The molecular formula is C10H8BrF2NO2S. The van der Waals surface area contributed by atoms with Crippen LogP contribution < -0.4 is 5.32 Å². The number of carbonyl (C=O) groups is 1. The Labute approximate surface area is 110 Å². The number of thiocarbonyl (C=S) groups is 1. The molecule has 0 heterocycles. The van der Waals surface area contributed by atoms with Crippen molar-refractivity contribution in [1.29, 1.82) is 0 Å². The van der Waals surface area contributed by atoms with Crippen LogP contribution in [0.3, 0.4) is 0 Å². The lowest BCUT2D eigenvalue weighted by Gasteiger charge is -2.09. The van der Waals surface area contributed by atoms with Crippen molar-refractivity contribution >= 4 is 44.8 Å². The zero-order valence-electron chi connectivity index (χ0n) is 8.72. The van der Waals surface area contributed by atoms with Crippen LogP contribution in [0.4, 0.5) is 14.5 Å². The van der Waals surface area contributed by atoms with Gasteiger partial charge in [-0.2, -0.15) is 0 Å². The van der Waals surface area contributed by atoms with Crippen LogP contribution in [-0.4, -0.2) is 17.6 Å². The number of hydrogen-bond donors (Lipinski definition) is 1. The van der Waals surface area contributed by atoms with E-state index >= 15 is 0 Å². The van der Waals surface area contributed by atoms with Gasteiger partial charge in [0.1, 0.15) is 0 Å². The van der Waals surface area contributed by atoms with Crippen LogP contribution in [0.2, 0.25) is 0 Å². The number of rotatable bonds is 2. The van der Waals surface area contributed by atoms with E-state index in [1.165, 1.54) is 6.07 Å². The van der Waals surface area contributed by atoms with Crippen LogP contribution in [0.15, 0.2) is 16.6 Å². The number of anilines is 1. The molecule has 3 nitrogen and oxygen atoms in total. The van der Waals surface area contributed by atoms with Crippen LogP contribution in [0, 0.1) is 11.6 Å². The summed E-state index contributed by atoms with van der Waals surface area (Å²) in [5, 5.41) is 2.29. The van der Waals surface area contributed by atoms with Gasteiger partial charge >= 0.3 is 5.97 Å². The minimum atomic E-state index is -1.11. The highest BCUT2D eigenvalue weighted by atomic mass is 79.9. The molecule has 0 aliphatic heterocycles. The molecule has 0 saturated carbocycles. The maximum Gasteiger partial charge on any atom is 0.366 e. The number of halogens is 3. The predicted octanol–water partition coefficient (Wildman–Crippen LogP) is 3.03. The third-order valence-electron chi connectivity index (χ3n) is 1.70. The lowest BCUT2D eigenvalue weighted by molar-refractivity contribution is -0.134. The van der Waals surface area contributed by atoms with Gasteiger partial charge < -0.3 is 10.1 Å². The van der Waals surface area contributed by atoms with Gasteiger partial charge in [-0.25, -0.2) is 13.6 Å². The summed E-state index contributed by atoms with van der Waals surface area (Å²) in [5.41, 5.74) is -0.227. The molecule has 1 N–H and O–H groups in total. The van der Waals surface area contributed by atoms with Crippen molar-refractivity contribution < 1.29 is 18.3 Å². The quantitative estimate of drug-likeness (QED) is 0.516. The predicted molar refractivity (Wildman–Crippen MR) is 66.9 cm³/mol. The lowest BCUT2D eigenvalue weighted by atomic mass is 10.3. The van der Waals surface area contributed by atoms with Crippen LogP contribution in [0.1, 0.15) is 6.92 Å². The van der Waals surface area contributed by atoms with Gasteiger partial charge in [0.15, 0.2) is 16.6 Å². The highest BCUT2D eigenvalue weighted by molar-refractivity contribution is 9.10. The Kier molecular flexibility index (Phi) is 4.95. The van der Waals surface area contributed by atoms with E-state index < -0.39 is 17.6 Å². The Balaban J connectivity index is 2.88. The zero-order valence-corrected chi connectivity index (χ0v) is 11.1. The molecule has 0 aliphatic carbocycles. The van der Waals surface area contributed by atoms with E-state index in [2.05, 4.69) is 38.2 Å². The van der Waals surface area contributed by atoms with Crippen molar-refractivity contribution in [3.8, 4) is 0 Å². The number of nitrogens with one attached hydrogen (secondary N) is 1. The Morgan fingerprint density at radius 1 is 1.53 bits per heavy atom. The third kappa shape index (κ3) is 3.71. The Hall–Kier alpha value is -1.08. The van der Waals surface area contributed by atoms with Crippen LogP contribution >= 0.6 is 28.1 Å². The summed E-state index contributed by atoms with van der Waals surface area (Å²) in [6, 6.07) is 2.23. The molecule has 0 aromatic heterocycles. The molecule has 1 rings (SSSR count). The van der Waals surface area contributed by atoms with Crippen molar-refractivity contribution in [3.63, 3.8) is 0 Å². The fourth-order valence-corrected chi connectivity index (χ4v) is 1.62. The van der Waals surface area contributed by atoms with Crippen LogP contribution in [-0.2, 0) is 9.53 Å². The van der Waals surface area contributed by atoms with Crippen LogP contribution in [0.5, 0.6) is 0 Å².